The maximum absolute atomic E-state index is 13.3. The van der Waals surface area contributed by atoms with E-state index in [9.17, 15) is 13.2 Å². The second kappa shape index (κ2) is 10.7. The number of hydrogen-bond donors (Lipinski definition) is 0. The first-order valence-electron chi connectivity index (χ1n) is 8.68. The van der Waals surface area contributed by atoms with Gasteiger partial charge in [-0.15, -0.1) is 11.8 Å². The minimum atomic E-state index is -3.83. The van der Waals surface area contributed by atoms with Crippen molar-refractivity contribution in [2.24, 2.45) is 0 Å². The summed E-state index contributed by atoms with van der Waals surface area (Å²) in [6, 6.07) is 13.8. The number of carbonyl (C=O) groups excluding carboxylic acids is 1. The van der Waals surface area contributed by atoms with E-state index < -0.39 is 27.2 Å². The van der Waals surface area contributed by atoms with Gasteiger partial charge in [0.2, 0.25) is 0 Å². The van der Waals surface area contributed by atoms with Crippen LogP contribution in [0.2, 0.25) is 0 Å². The van der Waals surface area contributed by atoms with Crippen molar-refractivity contribution in [3.05, 3.63) is 75.6 Å². The molecule has 2 aromatic carbocycles. The molecule has 0 aromatic heterocycles. The lowest BCUT2D eigenvalue weighted by atomic mass is 10.2. The van der Waals surface area contributed by atoms with Crippen LogP contribution in [-0.4, -0.2) is 32.0 Å². The average molecular weight is 493 g/mol. The van der Waals surface area contributed by atoms with E-state index in [0.29, 0.717) is 5.56 Å². The second-order valence-electron chi connectivity index (χ2n) is 6.19. The Labute approximate surface area is 184 Å². The van der Waals surface area contributed by atoms with Gasteiger partial charge in [-0.2, -0.15) is 0 Å². The summed E-state index contributed by atoms with van der Waals surface area (Å²) < 4.78 is 32.8. The quantitative estimate of drug-likeness (QED) is 0.429. The molecule has 2 unspecified atom stereocenters. The summed E-state index contributed by atoms with van der Waals surface area (Å²) in [4.78, 5) is 11.8. The Kier molecular flexibility index (Phi) is 8.57. The molecular formula is C22H21BrO4S2. The molecule has 2 aromatic rings. The highest BCUT2D eigenvalue weighted by atomic mass is 79.9. The third-order valence-corrected chi connectivity index (χ3v) is 6.91. The highest BCUT2D eigenvalue weighted by molar-refractivity contribution is 9.10. The van der Waals surface area contributed by atoms with E-state index >= 15 is 0 Å². The third-order valence-electron chi connectivity index (χ3n) is 3.91. The predicted molar refractivity (Wildman–Crippen MR) is 121 cm³/mol. The van der Waals surface area contributed by atoms with Crippen molar-refractivity contribution in [3.8, 4) is 11.8 Å². The molecule has 0 radical (unpaired) electrons. The summed E-state index contributed by atoms with van der Waals surface area (Å²) in [5.74, 6) is 5.15. The molecule has 29 heavy (non-hydrogen) atoms. The summed E-state index contributed by atoms with van der Waals surface area (Å²) >= 11 is 4.72. The van der Waals surface area contributed by atoms with E-state index in [0.717, 1.165) is 10.0 Å². The van der Waals surface area contributed by atoms with E-state index in [4.69, 9.17) is 4.74 Å². The topological polar surface area (TPSA) is 60.4 Å². The molecule has 0 aliphatic rings. The van der Waals surface area contributed by atoms with Gasteiger partial charge < -0.3 is 4.74 Å². The van der Waals surface area contributed by atoms with Crippen molar-refractivity contribution in [1.29, 1.82) is 0 Å². The molecule has 0 spiro atoms. The highest BCUT2D eigenvalue weighted by Crippen LogP contribution is 2.23. The molecule has 2 rings (SSSR count). The fourth-order valence-corrected chi connectivity index (χ4v) is 4.71. The van der Waals surface area contributed by atoms with Crippen molar-refractivity contribution < 1.29 is 17.9 Å². The van der Waals surface area contributed by atoms with Crippen LogP contribution in [0.5, 0.6) is 0 Å². The Morgan fingerprint density at radius 1 is 1.14 bits per heavy atom. The van der Waals surface area contributed by atoms with Gasteiger partial charge in [0.1, 0.15) is 5.25 Å². The van der Waals surface area contributed by atoms with Crippen LogP contribution in [0.4, 0.5) is 0 Å². The monoisotopic (exact) mass is 492 g/mol. The maximum Gasteiger partial charge on any atom is 0.303 e. The van der Waals surface area contributed by atoms with Crippen molar-refractivity contribution in [2.75, 3.05) is 6.26 Å². The summed E-state index contributed by atoms with van der Waals surface area (Å²) in [5.41, 5.74) is 1.64. The smallest absolute Gasteiger partial charge is 0.303 e. The van der Waals surface area contributed by atoms with Gasteiger partial charge in [0.15, 0.2) is 15.9 Å². The number of rotatable bonds is 6. The molecule has 2 atom stereocenters. The van der Waals surface area contributed by atoms with Gasteiger partial charge in [-0.25, -0.2) is 8.42 Å². The van der Waals surface area contributed by atoms with Crippen molar-refractivity contribution in [2.45, 2.75) is 30.1 Å². The summed E-state index contributed by atoms with van der Waals surface area (Å²) in [7, 11) is -3.83. The molecule has 0 saturated heterocycles. The van der Waals surface area contributed by atoms with Crippen molar-refractivity contribution in [3.63, 3.8) is 0 Å². The minimum Gasteiger partial charge on any atom is -0.448 e. The Bertz CT molecular complexity index is 1030. The zero-order valence-electron chi connectivity index (χ0n) is 16.3. The number of carbonyl (C=O) groups is 1. The molecule has 0 bridgehead atoms. The highest BCUT2D eigenvalue weighted by Gasteiger charge is 2.34. The summed E-state index contributed by atoms with van der Waals surface area (Å²) in [6.45, 7) is 3.12. The fourth-order valence-electron chi connectivity index (χ4n) is 2.45. The van der Waals surface area contributed by atoms with Gasteiger partial charge in [0, 0.05) is 17.0 Å². The summed E-state index contributed by atoms with van der Waals surface area (Å²) in [6.07, 6.45) is 2.19. The Hall–Kier alpha value is -2.01. The lowest BCUT2D eigenvalue weighted by Crippen LogP contribution is -2.35. The number of halogens is 1. The largest absolute Gasteiger partial charge is 0.448 e. The number of benzene rings is 2. The standard InChI is InChI=1S/C22H21BrO4S2/c1-16-4-11-20(12-5-16)29(25,26)22(14-15-28-3)21(27-17(2)24)13-8-18-6-9-19(23)10-7-18/h4-7,9-12,14-15,21-22H,1-3H3/b15-14+. The third kappa shape index (κ3) is 6.77. The number of ether oxygens (including phenoxy) is 1. The van der Waals surface area contributed by atoms with Gasteiger partial charge in [-0.3, -0.25) is 4.79 Å². The number of thioether (sulfide) groups is 1. The molecular weight excluding hydrogens is 472 g/mol. The van der Waals surface area contributed by atoms with Crippen LogP contribution >= 0.6 is 27.7 Å². The van der Waals surface area contributed by atoms with E-state index in [1.165, 1.54) is 24.8 Å². The van der Waals surface area contributed by atoms with E-state index in [1.54, 1.807) is 41.8 Å². The van der Waals surface area contributed by atoms with Gasteiger partial charge in [0.25, 0.3) is 0 Å². The van der Waals surface area contributed by atoms with Gasteiger partial charge in [-0.05, 0) is 55.0 Å². The molecule has 0 fully saturated rings. The Balaban J connectivity index is 2.51. The molecule has 0 heterocycles. The van der Waals surface area contributed by atoms with Crippen molar-refractivity contribution in [1.82, 2.24) is 0 Å². The normalized spacial score (nSPS) is 13.4. The van der Waals surface area contributed by atoms with Gasteiger partial charge >= 0.3 is 5.97 Å². The molecule has 0 aliphatic carbocycles. The van der Waals surface area contributed by atoms with Crippen LogP contribution in [-0.2, 0) is 19.4 Å². The van der Waals surface area contributed by atoms with Gasteiger partial charge in [-0.1, -0.05) is 51.5 Å². The van der Waals surface area contributed by atoms with Crippen LogP contribution < -0.4 is 0 Å². The SMILES string of the molecule is CS/C=C/C(C(C#Cc1ccc(Br)cc1)OC(C)=O)S(=O)(=O)c1ccc(C)cc1. The minimum absolute atomic E-state index is 0.154. The first-order chi connectivity index (χ1) is 13.7. The fraction of sp³-hybridized carbons (Fsp3) is 0.227. The number of esters is 1. The lowest BCUT2D eigenvalue weighted by molar-refractivity contribution is -0.143. The van der Waals surface area contributed by atoms with E-state index in [-0.39, 0.29) is 4.90 Å². The number of aryl methyl sites for hydroxylation is 1. The lowest BCUT2D eigenvalue weighted by Gasteiger charge is -2.20. The zero-order valence-corrected chi connectivity index (χ0v) is 19.5. The molecule has 152 valence electrons. The van der Waals surface area contributed by atoms with E-state index in [1.807, 2.05) is 25.3 Å². The number of hydrogen-bond acceptors (Lipinski definition) is 5. The first kappa shape index (κ1) is 23.3. The van der Waals surface area contributed by atoms with Crippen LogP contribution in [0.3, 0.4) is 0 Å². The molecule has 0 saturated carbocycles. The summed E-state index contributed by atoms with van der Waals surface area (Å²) in [5, 5.41) is 0.526. The van der Waals surface area contributed by atoms with Crippen molar-refractivity contribution >= 4 is 43.5 Å². The molecule has 0 amide bonds. The number of sulfone groups is 1. The van der Waals surface area contributed by atoms with E-state index in [2.05, 4.69) is 27.8 Å². The maximum atomic E-state index is 13.3. The average Bonchev–Trinajstić information content (AvgIpc) is 2.67. The molecule has 4 nitrogen and oxygen atoms in total. The van der Waals surface area contributed by atoms with Crippen LogP contribution in [0, 0.1) is 18.8 Å². The Morgan fingerprint density at radius 2 is 1.76 bits per heavy atom. The van der Waals surface area contributed by atoms with Gasteiger partial charge in [0.05, 0.1) is 4.90 Å². The molecule has 0 N–H and O–H groups in total. The van der Waals surface area contributed by atoms with Crippen LogP contribution in [0.25, 0.3) is 0 Å². The second-order valence-corrected chi connectivity index (χ2v) is 9.96. The van der Waals surface area contributed by atoms with Crippen LogP contribution in [0.1, 0.15) is 18.1 Å². The molecule has 7 heteroatoms. The molecule has 0 aliphatic heterocycles. The first-order valence-corrected chi connectivity index (χ1v) is 12.3. The predicted octanol–water partition coefficient (Wildman–Crippen LogP) is 4.76. The van der Waals surface area contributed by atoms with Crippen LogP contribution in [0.15, 0.2) is 69.4 Å². The Morgan fingerprint density at radius 3 is 2.31 bits per heavy atom. The zero-order chi connectivity index (χ0) is 21.4.